The van der Waals surface area contributed by atoms with E-state index in [1.807, 2.05) is 36.4 Å². The molecule has 0 bridgehead atoms. The molecule has 170 valence electrons. The normalized spacial score (nSPS) is 10.5. The van der Waals surface area contributed by atoms with Gasteiger partial charge in [-0.25, -0.2) is 4.79 Å². The van der Waals surface area contributed by atoms with E-state index in [0.717, 1.165) is 27.0 Å². The smallest absolute Gasteiger partial charge is 0.491 e. The maximum atomic E-state index is 11.5. The zero-order valence-electron chi connectivity index (χ0n) is 18.4. The standard InChI is InChI=1S/C24H21ClN2O6.K/c25-22-13-20(31-11-10-28)8-9-21(22)18-3-1-2-17(12-18)15-32-19-6-4-16(5-7-19)14-27-23(29)26-24(30)33-27;/h1-9,12-13,28H,10-11,14-15H2,(H,26,29,30);/q;+1/p-1. The zero-order chi connectivity index (χ0) is 23.2. The summed E-state index contributed by atoms with van der Waals surface area (Å²) in [5.41, 5.74) is 2.82. The first-order valence-electron chi connectivity index (χ1n) is 10.1. The van der Waals surface area contributed by atoms with Crippen molar-refractivity contribution in [1.82, 2.24) is 9.72 Å². The van der Waals surface area contributed by atoms with Gasteiger partial charge in [0.2, 0.25) is 0 Å². The number of halogens is 1. The van der Waals surface area contributed by atoms with Gasteiger partial charge in [0.1, 0.15) is 24.7 Å². The van der Waals surface area contributed by atoms with Crippen LogP contribution in [0.15, 0.2) is 80.8 Å². The number of aromatic nitrogens is 2. The summed E-state index contributed by atoms with van der Waals surface area (Å²) in [6, 6.07) is 20.4. The number of ether oxygens (including phenoxy) is 2. The summed E-state index contributed by atoms with van der Waals surface area (Å²) in [7, 11) is 0. The number of hydrogen-bond donors (Lipinski definition) is 1. The van der Waals surface area contributed by atoms with E-state index in [9.17, 15) is 9.59 Å². The van der Waals surface area contributed by atoms with Gasteiger partial charge >= 0.3 is 57.1 Å². The monoisotopic (exact) mass is 506 g/mol. The van der Waals surface area contributed by atoms with Gasteiger partial charge < -0.3 is 24.1 Å². The second kappa shape index (κ2) is 12.5. The molecular weight excluding hydrogens is 487 g/mol. The molecule has 1 N–H and O–H groups in total. The van der Waals surface area contributed by atoms with E-state index in [-0.39, 0.29) is 71.1 Å². The van der Waals surface area contributed by atoms with Crippen LogP contribution < -0.4 is 77.3 Å². The number of aliphatic hydroxyl groups excluding tert-OH is 1. The number of nitrogens with zero attached hydrogens (tertiary/aromatic N) is 2. The van der Waals surface area contributed by atoms with Crippen LogP contribution in [0.3, 0.4) is 0 Å². The SMILES string of the molecule is O=c1[n-]c(=O)n(Cc2ccc(OCc3cccc(-c4ccc(OCCO)cc4Cl)c3)cc2)o1.[K+]. The van der Waals surface area contributed by atoms with Gasteiger partial charge in [0.25, 0.3) is 0 Å². The van der Waals surface area contributed by atoms with E-state index < -0.39 is 11.4 Å². The van der Waals surface area contributed by atoms with Crippen molar-refractivity contribution in [3.05, 3.63) is 104 Å². The summed E-state index contributed by atoms with van der Waals surface area (Å²) in [5.74, 6) is 0.346. The Balaban J connectivity index is 0.00000324. The van der Waals surface area contributed by atoms with Crippen molar-refractivity contribution < 1.29 is 70.5 Å². The Labute approximate surface area is 242 Å². The molecule has 0 aliphatic heterocycles. The van der Waals surface area contributed by atoms with Crippen LogP contribution in [-0.2, 0) is 13.2 Å². The molecule has 0 saturated heterocycles. The van der Waals surface area contributed by atoms with Gasteiger partial charge in [-0.1, -0.05) is 41.9 Å². The fraction of sp³-hybridized carbons (Fsp3) is 0.167. The molecule has 0 aliphatic rings. The van der Waals surface area contributed by atoms with Crippen LogP contribution in [0, 0.1) is 0 Å². The van der Waals surface area contributed by atoms with Crippen molar-refractivity contribution in [1.29, 1.82) is 0 Å². The van der Waals surface area contributed by atoms with E-state index in [2.05, 4.69) is 4.98 Å². The first kappa shape index (κ1) is 26.5. The third kappa shape index (κ3) is 6.95. The third-order valence-electron chi connectivity index (χ3n) is 4.78. The maximum absolute atomic E-state index is 11.5. The predicted octanol–water partition coefficient (Wildman–Crippen LogP) is 0.0815. The molecule has 4 aromatic rings. The fourth-order valence-electron chi connectivity index (χ4n) is 3.22. The topological polar surface area (TPSA) is 105 Å². The van der Waals surface area contributed by atoms with Gasteiger partial charge in [-0.15, -0.1) is 0 Å². The summed E-state index contributed by atoms with van der Waals surface area (Å²) in [5, 5.41) is 9.43. The molecule has 8 nitrogen and oxygen atoms in total. The number of aliphatic hydroxyl groups is 1. The van der Waals surface area contributed by atoms with Gasteiger partial charge in [0.15, 0.2) is 5.69 Å². The van der Waals surface area contributed by atoms with Crippen LogP contribution in [0.5, 0.6) is 11.5 Å². The van der Waals surface area contributed by atoms with Crippen molar-refractivity contribution in [3.63, 3.8) is 0 Å². The predicted molar refractivity (Wildman–Crippen MR) is 122 cm³/mol. The van der Waals surface area contributed by atoms with Crippen LogP contribution in [-0.4, -0.2) is 23.1 Å². The molecule has 4 rings (SSSR count). The fourth-order valence-corrected chi connectivity index (χ4v) is 3.50. The summed E-state index contributed by atoms with van der Waals surface area (Å²) in [6.45, 7) is 0.613. The van der Waals surface area contributed by atoms with Gasteiger partial charge in [0, 0.05) is 12.1 Å². The summed E-state index contributed by atoms with van der Waals surface area (Å²) < 4.78 is 16.9. The molecule has 34 heavy (non-hydrogen) atoms. The minimum atomic E-state index is -0.908. The number of benzene rings is 3. The molecule has 1 aromatic heterocycles. The van der Waals surface area contributed by atoms with Gasteiger partial charge in [-0.3, -0.25) is 9.53 Å². The second-order valence-corrected chi connectivity index (χ2v) is 7.54. The Morgan fingerprint density at radius 1 is 0.941 bits per heavy atom. The van der Waals surface area contributed by atoms with Crippen molar-refractivity contribution in [2.75, 3.05) is 13.2 Å². The number of rotatable bonds is 9. The Morgan fingerprint density at radius 3 is 2.38 bits per heavy atom. The molecule has 0 unspecified atom stereocenters. The van der Waals surface area contributed by atoms with Gasteiger partial charge in [0.05, 0.1) is 11.6 Å². The molecule has 0 amide bonds. The molecule has 10 heteroatoms. The van der Waals surface area contributed by atoms with Crippen LogP contribution >= 0.6 is 11.6 Å². The van der Waals surface area contributed by atoms with E-state index in [1.165, 1.54) is 0 Å². The zero-order valence-corrected chi connectivity index (χ0v) is 22.3. The molecule has 0 radical (unpaired) electrons. The Kier molecular flexibility index (Phi) is 9.78. The third-order valence-corrected chi connectivity index (χ3v) is 5.09. The van der Waals surface area contributed by atoms with Crippen molar-refractivity contribution in [2.24, 2.45) is 0 Å². The average molecular weight is 507 g/mol. The Hall–Kier alpha value is -2.11. The molecule has 0 atom stereocenters. The quantitative estimate of drug-likeness (QED) is 0.321. The molecule has 0 fully saturated rings. The summed E-state index contributed by atoms with van der Waals surface area (Å²) >= 11 is 6.43. The molecule has 0 spiro atoms. The molecular formula is C24H20ClKN2O6. The van der Waals surface area contributed by atoms with Crippen molar-refractivity contribution >= 4 is 11.6 Å². The van der Waals surface area contributed by atoms with Gasteiger partial charge in [-0.2, -0.15) is 0 Å². The minimum absolute atomic E-state index is 0. The molecule has 0 saturated carbocycles. The van der Waals surface area contributed by atoms with Crippen molar-refractivity contribution in [3.8, 4) is 22.6 Å². The summed E-state index contributed by atoms with van der Waals surface area (Å²) in [6.07, 6.45) is 0. The van der Waals surface area contributed by atoms with Crippen LogP contribution in [0.4, 0.5) is 0 Å². The molecule has 3 aromatic carbocycles. The van der Waals surface area contributed by atoms with Gasteiger partial charge in [-0.05, 0) is 53.1 Å². The van der Waals surface area contributed by atoms with E-state index in [0.29, 0.717) is 23.1 Å². The minimum Gasteiger partial charge on any atom is -0.491 e. The van der Waals surface area contributed by atoms with Crippen LogP contribution in [0.2, 0.25) is 5.02 Å². The Morgan fingerprint density at radius 2 is 1.71 bits per heavy atom. The largest absolute Gasteiger partial charge is 1.00 e. The average Bonchev–Trinajstić information content (AvgIpc) is 3.13. The van der Waals surface area contributed by atoms with Crippen molar-refractivity contribution in [2.45, 2.75) is 13.2 Å². The summed E-state index contributed by atoms with van der Waals surface area (Å²) in [4.78, 5) is 25.7. The number of hydrogen-bond acceptors (Lipinski definition) is 6. The van der Waals surface area contributed by atoms with Crippen LogP contribution in [0.25, 0.3) is 11.1 Å². The molecule has 0 aliphatic carbocycles. The van der Waals surface area contributed by atoms with E-state index in [1.54, 1.807) is 30.3 Å². The first-order valence-corrected chi connectivity index (χ1v) is 10.5. The maximum Gasteiger partial charge on any atom is 1.00 e. The molecule has 1 heterocycles. The van der Waals surface area contributed by atoms with E-state index in [4.69, 9.17) is 30.7 Å². The first-order chi connectivity index (χ1) is 16.0. The van der Waals surface area contributed by atoms with Crippen LogP contribution in [0.1, 0.15) is 11.1 Å². The Bertz CT molecular complexity index is 1350. The van der Waals surface area contributed by atoms with E-state index >= 15 is 0 Å². The second-order valence-electron chi connectivity index (χ2n) is 7.13.